The summed E-state index contributed by atoms with van der Waals surface area (Å²) in [6.45, 7) is 0. The van der Waals surface area contributed by atoms with Crippen molar-refractivity contribution in [2.24, 2.45) is 0 Å². The number of nitrogens with zero attached hydrogens (tertiary/aromatic N) is 1. The van der Waals surface area contributed by atoms with Gasteiger partial charge in [-0.05, 0) is 43.9 Å². The molecule has 6 heteroatoms. The Hall–Kier alpha value is -2.73. The number of carbonyl (C=O) groups excluding carboxylic acids is 1. The first-order valence-electron chi connectivity index (χ1n) is 8.83. The molecule has 4 rings (SSSR count). The molecule has 0 radical (unpaired) electrons. The Balaban J connectivity index is 1.52. The summed E-state index contributed by atoms with van der Waals surface area (Å²) in [4.78, 5) is 19.5. The number of H-pyrrole nitrogens is 1. The Morgan fingerprint density at radius 3 is 2.62 bits per heavy atom. The van der Waals surface area contributed by atoms with Crippen molar-refractivity contribution in [2.45, 2.75) is 37.8 Å². The maximum absolute atomic E-state index is 13.8. The first-order chi connectivity index (χ1) is 12.6. The molecular formula is C20H20FN3O2. The maximum atomic E-state index is 13.8. The molecule has 1 amide bonds. The van der Waals surface area contributed by atoms with E-state index in [0.29, 0.717) is 22.2 Å². The second-order valence-corrected chi connectivity index (χ2v) is 6.78. The van der Waals surface area contributed by atoms with Gasteiger partial charge in [0.1, 0.15) is 0 Å². The molecule has 0 spiro atoms. The van der Waals surface area contributed by atoms with Gasteiger partial charge < -0.3 is 15.4 Å². The van der Waals surface area contributed by atoms with Crippen molar-refractivity contribution in [1.82, 2.24) is 15.3 Å². The highest BCUT2D eigenvalue weighted by Crippen LogP contribution is 2.27. The SMILES string of the molecule is O=C(NC1CCC(O)CC1)c1ccc(-c2ncc(F)c3[nH]ccc23)cc1. The van der Waals surface area contributed by atoms with Gasteiger partial charge in [-0.15, -0.1) is 0 Å². The molecule has 0 bridgehead atoms. The zero-order valence-electron chi connectivity index (χ0n) is 14.2. The smallest absolute Gasteiger partial charge is 0.251 e. The van der Waals surface area contributed by atoms with Crippen LogP contribution in [0.2, 0.25) is 0 Å². The second kappa shape index (κ2) is 6.88. The molecule has 1 aliphatic rings. The third-order valence-electron chi connectivity index (χ3n) is 5.00. The third kappa shape index (κ3) is 3.20. The second-order valence-electron chi connectivity index (χ2n) is 6.78. The fourth-order valence-electron chi connectivity index (χ4n) is 3.52. The van der Waals surface area contributed by atoms with Crippen LogP contribution >= 0.6 is 0 Å². The minimum atomic E-state index is -0.387. The molecule has 26 heavy (non-hydrogen) atoms. The molecule has 5 nitrogen and oxygen atoms in total. The summed E-state index contributed by atoms with van der Waals surface area (Å²) in [6.07, 6.45) is 5.70. The Kier molecular flexibility index (Phi) is 4.42. The van der Waals surface area contributed by atoms with E-state index in [9.17, 15) is 14.3 Å². The average molecular weight is 353 g/mol. The lowest BCUT2D eigenvalue weighted by molar-refractivity contribution is 0.0867. The van der Waals surface area contributed by atoms with E-state index in [1.165, 1.54) is 6.20 Å². The minimum absolute atomic E-state index is 0.114. The lowest BCUT2D eigenvalue weighted by Gasteiger charge is -2.26. The van der Waals surface area contributed by atoms with Gasteiger partial charge in [0.25, 0.3) is 5.91 Å². The van der Waals surface area contributed by atoms with E-state index in [4.69, 9.17) is 0 Å². The van der Waals surface area contributed by atoms with Crippen molar-refractivity contribution in [3.8, 4) is 11.3 Å². The van der Waals surface area contributed by atoms with Crippen molar-refractivity contribution in [1.29, 1.82) is 0 Å². The van der Waals surface area contributed by atoms with Crippen molar-refractivity contribution in [3.63, 3.8) is 0 Å². The van der Waals surface area contributed by atoms with E-state index >= 15 is 0 Å². The Bertz CT molecular complexity index is 928. The van der Waals surface area contributed by atoms with Gasteiger partial charge in [-0.2, -0.15) is 0 Å². The molecule has 1 saturated carbocycles. The number of hydrogen-bond acceptors (Lipinski definition) is 3. The van der Waals surface area contributed by atoms with Crippen LogP contribution in [0.1, 0.15) is 36.0 Å². The van der Waals surface area contributed by atoms with E-state index in [1.807, 2.05) is 12.1 Å². The molecule has 1 aliphatic carbocycles. The molecule has 134 valence electrons. The number of fused-ring (bicyclic) bond motifs is 1. The number of amides is 1. The average Bonchev–Trinajstić information content (AvgIpc) is 3.15. The number of hydrogen-bond donors (Lipinski definition) is 3. The van der Waals surface area contributed by atoms with Crippen LogP contribution in [-0.4, -0.2) is 33.1 Å². The zero-order chi connectivity index (χ0) is 18.1. The Morgan fingerprint density at radius 1 is 1.15 bits per heavy atom. The Labute approximate surface area is 150 Å². The van der Waals surface area contributed by atoms with Crippen LogP contribution in [0.4, 0.5) is 4.39 Å². The highest BCUT2D eigenvalue weighted by atomic mass is 19.1. The lowest BCUT2D eigenvalue weighted by atomic mass is 9.93. The number of rotatable bonds is 3. The van der Waals surface area contributed by atoms with E-state index < -0.39 is 0 Å². The van der Waals surface area contributed by atoms with Crippen LogP contribution in [0.25, 0.3) is 22.2 Å². The quantitative estimate of drug-likeness (QED) is 0.675. The van der Waals surface area contributed by atoms with Crippen LogP contribution in [0.15, 0.2) is 42.7 Å². The third-order valence-corrected chi connectivity index (χ3v) is 5.00. The summed E-state index contributed by atoms with van der Waals surface area (Å²) in [5.41, 5.74) is 2.51. The van der Waals surface area contributed by atoms with Crippen molar-refractivity contribution in [3.05, 3.63) is 54.1 Å². The number of pyridine rings is 1. The normalized spacial score (nSPS) is 20.2. The molecule has 3 aromatic rings. The molecule has 1 fully saturated rings. The van der Waals surface area contributed by atoms with E-state index in [-0.39, 0.29) is 23.9 Å². The van der Waals surface area contributed by atoms with Gasteiger partial charge in [0.05, 0.1) is 23.5 Å². The molecule has 0 unspecified atom stereocenters. The highest BCUT2D eigenvalue weighted by Gasteiger charge is 2.21. The number of nitrogens with one attached hydrogen (secondary N) is 2. The van der Waals surface area contributed by atoms with E-state index in [0.717, 1.165) is 31.2 Å². The number of aromatic nitrogens is 2. The number of aliphatic hydroxyl groups excluding tert-OH is 1. The first kappa shape index (κ1) is 16.7. The molecule has 1 aromatic carbocycles. The van der Waals surface area contributed by atoms with Crippen LogP contribution in [0, 0.1) is 5.82 Å². The zero-order valence-corrected chi connectivity index (χ0v) is 14.2. The molecule has 0 aliphatic heterocycles. The lowest BCUT2D eigenvalue weighted by Crippen LogP contribution is -2.38. The van der Waals surface area contributed by atoms with Gasteiger partial charge >= 0.3 is 0 Å². The summed E-state index contributed by atoms with van der Waals surface area (Å²) in [5, 5.41) is 13.3. The van der Waals surface area contributed by atoms with Gasteiger partial charge in [-0.25, -0.2) is 4.39 Å². The topological polar surface area (TPSA) is 78.0 Å². The first-order valence-corrected chi connectivity index (χ1v) is 8.83. The Morgan fingerprint density at radius 2 is 1.88 bits per heavy atom. The van der Waals surface area contributed by atoms with Crippen LogP contribution in [0.3, 0.4) is 0 Å². The summed E-state index contributed by atoms with van der Waals surface area (Å²) >= 11 is 0. The van der Waals surface area contributed by atoms with E-state index in [1.54, 1.807) is 24.4 Å². The monoisotopic (exact) mass is 353 g/mol. The molecule has 3 N–H and O–H groups in total. The number of carbonyl (C=O) groups is 1. The summed E-state index contributed by atoms with van der Waals surface area (Å²) in [7, 11) is 0. The van der Waals surface area contributed by atoms with Crippen molar-refractivity contribution < 1.29 is 14.3 Å². The van der Waals surface area contributed by atoms with Crippen LogP contribution < -0.4 is 5.32 Å². The molecular weight excluding hydrogens is 333 g/mol. The summed E-state index contributed by atoms with van der Waals surface area (Å²) < 4.78 is 13.8. The van der Waals surface area contributed by atoms with Gasteiger partial charge in [0, 0.05) is 28.8 Å². The predicted octanol–water partition coefficient (Wildman–Crippen LogP) is 3.40. The minimum Gasteiger partial charge on any atom is -0.393 e. The van der Waals surface area contributed by atoms with Gasteiger partial charge in [0.2, 0.25) is 0 Å². The van der Waals surface area contributed by atoms with Crippen LogP contribution in [-0.2, 0) is 0 Å². The summed E-state index contributed by atoms with van der Waals surface area (Å²) in [6, 6.07) is 9.07. The molecule has 0 atom stereocenters. The van der Waals surface area contributed by atoms with Crippen LogP contribution in [0.5, 0.6) is 0 Å². The van der Waals surface area contributed by atoms with Gasteiger partial charge in [-0.3, -0.25) is 9.78 Å². The number of halogens is 1. The van der Waals surface area contributed by atoms with Gasteiger partial charge in [-0.1, -0.05) is 12.1 Å². The number of aliphatic hydroxyl groups is 1. The molecule has 2 heterocycles. The maximum Gasteiger partial charge on any atom is 0.251 e. The fourth-order valence-corrected chi connectivity index (χ4v) is 3.52. The van der Waals surface area contributed by atoms with Gasteiger partial charge in [0.15, 0.2) is 5.82 Å². The van der Waals surface area contributed by atoms with Crippen molar-refractivity contribution >= 4 is 16.8 Å². The summed E-state index contributed by atoms with van der Waals surface area (Å²) in [5.74, 6) is -0.501. The molecule has 0 saturated heterocycles. The fraction of sp³-hybridized carbons (Fsp3) is 0.300. The predicted molar refractivity (Wildman–Crippen MR) is 97.2 cm³/mol. The molecule has 2 aromatic heterocycles. The van der Waals surface area contributed by atoms with Crippen molar-refractivity contribution in [2.75, 3.05) is 0 Å². The number of benzene rings is 1. The largest absolute Gasteiger partial charge is 0.393 e. The number of aromatic amines is 1. The van der Waals surface area contributed by atoms with E-state index in [2.05, 4.69) is 15.3 Å². The highest BCUT2D eigenvalue weighted by molar-refractivity contribution is 5.96. The standard InChI is InChI=1S/C20H20FN3O2/c21-17-11-23-18(16-9-10-22-19(16)17)12-1-3-13(4-2-12)20(26)24-14-5-7-15(25)8-6-14/h1-4,9-11,14-15,22,25H,5-8H2,(H,24,26).